The Balaban J connectivity index is 1.59. The van der Waals surface area contributed by atoms with Gasteiger partial charge in [-0.15, -0.1) is 0 Å². The Kier molecular flexibility index (Phi) is 4.71. The zero-order valence-electron chi connectivity index (χ0n) is 17.1. The van der Waals surface area contributed by atoms with E-state index >= 15 is 0 Å². The summed E-state index contributed by atoms with van der Waals surface area (Å²) in [7, 11) is 0. The van der Waals surface area contributed by atoms with E-state index in [2.05, 4.69) is 0 Å². The molecular weight excluding hydrogens is 432 g/mol. The van der Waals surface area contributed by atoms with Crippen LogP contribution in [0.4, 0.5) is 0 Å². The number of aromatic hydroxyl groups is 5. The molecule has 2 aliphatic heterocycles. The molecular formula is C24H20O9. The number of ether oxygens (including phenoxy) is 2. The number of aliphatic hydroxyl groups is 1. The van der Waals surface area contributed by atoms with Crippen molar-refractivity contribution in [3.63, 3.8) is 0 Å². The highest BCUT2D eigenvalue weighted by Crippen LogP contribution is 2.52. The molecule has 0 fully saturated rings. The average Bonchev–Trinajstić information content (AvgIpc) is 2.77. The van der Waals surface area contributed by atoms with Crippen molar-refractivity contribution in [3.05, 3.63) is 64.7 Å². The molecule has 0 spiro atoms. The second kappa shape index (κ2) is 7.49. The third-order valence-electron chi connectivity index (χ3n) is 6.03. The fourth-order valence-corrected chi connectivity index (χ4v) is 4.42. The summed E-state index contributed by atoms with van der Waals surface area (Å²) in [5, 5.41) is 60.4. The van der Waals surface area contributed by atoms with Crippen LogP contribution in [-0.4, -0.2) is 42.7 Å². The second-order valence-corrected chi connectivity index (χ2v) is 8.16. The zero-order valence-corrected chi connectivity index (χ0v) is 17.1. The van der Waals surface area contributed by atoms with Gasteiger partial charge in [0.15, 0.2) is 40.6 Å². The van der Waals surface area contributed by atoms with Gasteiger partial charge in [0.2, 0.25) is 0 Å². The van der Waals surface area contributed by atoms with E-state index in [1.54, 1.807) is 6.07 Å². The van der Waals surface area contributed by atoms with Crippen molar-refractivity contribution in [2.75, 3.05) is 0 Å². The molecule has 3 unspecified atom stereocenters. The summed E-state index contributed by atoms with van der Waals surface area (Å²) < 4.78 is 11.4. The van der Waals surface area contributed by atoms with E-state index in [4.69, 9.17) is 9.47 Å². The minimum atomic E-state index is -1.11. The summed E-state index contributed by atoms with van der Waals surface area (Å²) in [6.07, 6.45) is -2.12. The van der Waals surface area contributed by atoms with Gasteiger partial charge in [0.05, 0.1) is 12.5 Å². The van der Waals surface area contributed by atoms with Crippen molar-refractivity contribution in [2.24, 2.45) is 0 Å². The van der Waals surface area contributed by atoms with Gasteiger partial charge in [-0.3, -0.25) is 4.79 Å². The van der Waals surface area contributed by atoms with Gasteiger partial charge in [-0.05, 0) is 41.5 Å². The molecule has 0 aromatic heterocycles. The summed E-state index contributed by atoms with van der Waals surface area (Å²) in [5.74, 6) is -2.45. The van der Waals surface area contributed by atoms with E-state index < -0.39 is 24.1 Å². The molecule has 0 aliphatic carbocycles. The molecule has 33 heavy (non-hydrogen) atoms. The highest BCUT2D eigenvalue weighted by atomic mass is 16.5. The first kappa shape index (κ1) is 20.8. The Morgan fingerprint density at radius 1 is 0.727 bits per heavy atom. The fraction of sp³-hybridized carbons (Fsp3) is 0.208. The van der Waals surface area contributed by atoms with Crippen LogP contribution in [0, 0.1) is 0 Å². The van der Waals surface area contributed by atoms with Crippen LogP contribution in [0.1, 0.15) is 40.7 Å². The van der Waals surface area contributed by atoms with Crippen LogP contribution in [0.3, 0.4) is 0 Å². The first-order valence-electron chi connectivity index (χ1n) is 10.2. The first-order valence-corrected chi connectivity index (χ1v) is 10.2. The molecule has 3 aromatic rings. The average molecular weight is 452 g/mol. The highest BCUT2D eigenvalue weighted by molar-refractivity contribution is 5.80. The number of benzene rings is 3. The summed E-state index contributed by atoms with van der Waals surface area (Å²) in [5.41, 5.74) is 1.72. The van der Waals surface area contributed by atoms with Gasteiger partial charge < -0.3 is 40.1 Å². The lowest BCUT2D eigenvalue weighted by Gasteiger charge is -2.35. The predicted octanol–water partition coefficient (Wildman–Crippen LogP) is 2.69. The molecule has 5 rings (SSSR count). The predicted molar refractivity (Wildman–Crippen MR) is 113 cm³/mol. The Morgan fingerprint density at radius 3 is 2.03 bits per heavy atom. The van der Waals surface area contributed by atoms with Gasteiger partial charge in [-0.1, -0.05) is 12.1 Å². The lowest BCUT2D eigenvalue weighted by molar-refractivity contribution is -0.135. The van der Waals surface area contributed by atoms with Crippen LogP contribution in [0.15, 0.2) is 42.5 Å². The third kappa shape index (κ3) is 3.42. The van der Waals surface area contributed by atoms with E-state index in [1.165, 1.54) is 36.4 Å². The van der Waals surface area contributed by atoms with Gasteiger partial charge in [-0.2, -0.15) is 0 Å². The molecule has 3 atom stereocenters. The molecule has 0 saturated carbocycles. The van der Waals surface area contributed by atoms with Crippen LogP contribution in [-0.2, 0) is 11.2 Å². The number of carbonyl (C=O) groups excluding carboxylic acids is 1. The van der Waals surface area contributed by atoms with Crippen LogP contribution in [0.5, 0.6) is 40.2 Å². The molecule has 9 heteroatoms. The number of hydrogen-bond donors (Lipinski definition) is 6. The molecule has 2 aliphatic rings. The smallest absolute Gasteiger partial charge is 0.312 e. The number of aliphatic hydroxyl groups excluding tert-OH is 1. The van der Waals surface area contributed by atoms with E-state index in [9.17, 15) is 35.4 Å². The molecule has 0 saturated heterocycles. The normalized spacial score (nSPS) is 21.5. The Hall–Kier alpha value is -4.11. The Bertz CT molecular complexity index is 1280. The van der Waals surface area contributed by atoms with Crippen molar-refractivity contribution in [3.8, 4) is 40.2 Å². The van der Waals surface area contributed by atoms with Crippen LogP contribution < -0.4 is 9.47 Å². The van der Waals surface area contributed by atoms with Gasteiger partial charge in [0.25, 0.3) is 0 Å². The van der Waals surface area contributed by atoms with Gasteiger partial charge >= 0.3 is 5.97 Å². The molecule has 170 valence electrons. The molecule has 9 nitrogen and oxygen atoms in total. The number of rotatable bonds is 2. The second-order valence-electron chi connectivity index (χ2n) is 8.16. The number of phenols is 5. The lowest BCUT2D eigenvalue weighted by atomic mass is 9.83. The topological polar surface area (TPSA) is 157 Å². The SMILES string of the molecule is O=C1CC(c2ccc(O)c(O)c2)c2cc(O)c3c(c2O1)CC(O)C(c1ccc(O)c(O)c1)O3. The van der Waals surface area contributed by atoms with Crippen LogP contribution >= 0.6 is 0 Å². The van der Waals surface area contributed by atoms with E-state index in [-0.39, 0.29) is 53.1 Å². The third-order valence-corrected chi connectivity index (χ3v) is 6.03. The van der Waals surface area contributed by atoms with Gasteiger partial charge in [0.1, 0.15) is 5.75 Å². The van der Waals surface area contributed by atoms with Crippen molar-refractivity contribution in [1.29, 1.82) is 0 Å². The number of phenolic OH excluding ortho intramolecular Hbond substituents is 5. The molecule has 0 bridgehead atoms. The lowest BCUT2D eigenvalue weighted by Crippen LogP contribution is -2.32. The first-order chi connectivity index (χ1) is 15.7. The maximum atomic E-state index is 12.4. The standard InChI is InChI=1S/C24H20O9/c25-15-3-1-10(5-17(15)27)12-9-21(31)32-23-13(12)7-20(30)24-14(23)8-19(29)22(33-24)11-2-4-16(26)18(28)6-11/h1-7,12,19,22,25-30H,8-9H2. The van der Waals surface area contributed by atoms with Crippen molar-refractivity contribution in [1.82, 2.24) is 0 Å². The monoisotopic (exact) mass is 452 g/mol. The summed E-state index contributed by atoms with van der Waals surface area (Å²) in [6, 6.07) is 9.65. The summed E-state index contributed by atoms with van der Waals surface area (Å²) >= 11 is 0. The number of carbonyl (C=O) groups is 1. The number of fused-ring (bicyclic) bond motifs is 3. The van der Waals surface area contributed by atoms with Crippen LogP contribution in [0.2, 0.25) is 0 Å². The summed E-state index contributed by atoms with van der Waals surface area (Å²) in [4.78, 5) is 12.4. The van der Waals surface area contributed by atoms with E-state index in [1.807, 2.05) is 0 Å². The van der Waals surface area contributed by atoms with Crippen molar-refractivity contribution in [2.45, 2.75) is 31.0 Å². The molecule has 0 amide bonds. The molecule has 3 aromatic carbocycles. The van der Waals surface area contributed by atoms with Crippen molar-refractivity contribution >= 4 is 5.97 Å². The molecule has 6 N–H and O–H groups in total. The largest absolute Gasteiger partial charge is 0.504 e. The molecule has 0 radical (unpaired) electrons. The zero-order chi connectivity index (χ0) is 23.4. The Labute approximate surface area is 187 Å². The quantitative estimate of drug-likeness (QED) is 0.195. The minimum absolute atomic E-state index is 0.0147. The highest BCUT2D eigenvalue weighted by Gasteiger charge is 2.39. The van der Waals surface area contributed by atoms with Gasteiger partial charge in [-0.25, -0.2) is 0 Å². The maximum absolute atomic E-state index is 12.4. The summed E-state index contributed by atoms with van der Waals surface area (Å²) in [6.45, 7) is 0. The van der Waals surface area contributed by atoms with Crippen LogP contribution in [0.25, 0.3) is 0 Å². The molecule has 2 heterocycles. The fourth-order valence-electron chi connectivity index (χ4n) is 4.42. The minimum Gasteiger partial charge on any atom is -0.504 e. The maximum Gasteiger partial charge on any atom is 0.312 e. The number of esters is 1. The van der Waals surface area contributed by atoms with E-state index in [0.29, 0.717) is 22.3 Å². The van der Waals surface area contributed by atoms with Crippen molar-refractivity contribution < 1.29 is 44.9 Å². The van der Waals surface area contributed by atoms with Gasteiger partial charge in [0, 0.05) is 23.5 Å². The Morgan fingerprint density at radius 2 is 1.36 bits per heavy atom. The van der Waals surface area contributed by atoms with E-state index in [0.717, 1.165) is 0 Å². The number of hydrogen-bond acceptors (Lipinski definition) is 9.